The Morgan fingerprint density at radius 1 is 1.03 bits per heavy atom. The van der Waals surface area contributed by atoms with Crippen molar-refractivity contribution in [1.82, 2.24) is 15.4 Å². The maximum Gasteiger partial charge on any atom is 0.243 e. The number of unbranched alkanes of at least 4 members (excludes halogenated alkanes) is 2. The van der Waals surface area contributed by atoms with Gasteiger partial charge in [0, 0.05) is 46.2 Å². The van der Waals surface area contributed by atoms with E-state index in [2.05, 4.69) is 9.97 Å². The van der Waals surface area contributed by atoms with Crippen LogP contribution in [0.5, 0.6) is 5.75 Å². The molecule has 0 aliphatic carbocycles. The summed E-state index contributed by atoms with van der Waals surface area (Å²) in [7, 11) is 1.61. The third kappa shape index (κ3) is 6.60. The number of hydroxylamine groups is 1. The summed E-state index contributed by atoms with van der Waals surface area (Å²) < 4.78 is 5.24. The average Bonchev–Trinajstić information content (AvgIpc) is 3.31. The van der Waals surface area contributed by atoms with Gasteiger partial charge in [-0.2, -0.15) is 0 Å². The molecule has 168 valence electrons. The number of nitrogens with zero attached hydrogens (tertiary/aromatic N) is 3. The number of hydrogen-bond donors (Lipinski definition) is 2. The average molecular weight is 455 g/mol. The Labute approximate surface area is 190 Å². The first-order valence-corrected chi connectivity index (χ1v) is 11.1. The number of methoxy groups -OCH3 is 1. The molecule has 8 nitrogen and oxygen atoms in total. The zero-order valence-corrected chi connectivity index (χ0v) is 18.7. The molecule has 0 bridgehead atoms. The van der Waals surface area contributed by atoms with Gasteiger partial charge in [0.05, 0.1) is 13.7 Å². The molecular formula is C23H26N4O4S. The van der Waals surface area contributed by atoms with Crippen LogP contribution in [0, 0.1) is 0 Å². The smallest absolute Gasteiger partial charge is 0.243 e. The van der Waals surface area contributed by atoms with E-state index in [1.54, 1.807) is 41.2 Å². The van der Waals surface area contributed by atoms with Gasteiger partial charge in [-0.3, -0.25) is 14.8 Å². The van der Waals surface area contributed by atoms with Crippen LogP contribution >= 0.6 is 11.3 Å². The second-order valence-electron chi connectivity index (χ2n) is 7.17. The highest BCUT2D eigenvalue weighted by Gasteiger charge is 2.18. The van der Waals surface area contributed by atoms with Crippen LogP contribution < -0.4 is 15.1 Å². The van der Waals surface area contributed by atoms with Crippen LogP contribution in [-0.2, 0) is 16.1 Å². The molecule has 2 heterocycles. The van der Waals surface area contributed by atoms with Crippen molar-refractivity contribution < 1.29 is 19.5 Å². The van der Waals surface area contributed by atoms with E-state index in [-0.39, 0.29) is 12.3 Å². The van der Waals surface area contributed by atoms with Crippen molar-refractivity contribution in [2.75, 3.05) is 12.0 Å². The molecular weight excluding hydrogens is 428 g/mol. The number of nitrogens with one attached hydrogen (secondary N) is 1. The summed E-state index contributed by atoms with van der Waals surface area (Å²) in [5.41, 5.74) is 3.37. The first-order chi connectivity index (χ1) is 15.6. The zero-order valence-electron chi connectivity index (χ0n) is 17.9. The van der Waals surface area contributed by atoms with Crippen LogP contribution in [0.3, 0.4) is 0 Å². The zero-order chi connectivity index (χ0) is 22.8. The summed E-state index contributed by atoms with van der Waals surface area (Å²) in [5.74, 6) is 0.332. The standard InChI is InChI=1S/C23H26N4O4S/c1-31-19-9-7-18(8-10-19)27(23(29)6-4-2-3-5-22(28)26-30)15-20-11-12-21(32-20)17-13-24-16-25-14-17/h7-14,16,30H,2-6,15H2,1H3,(H,26,28). The molecule has 0 unspecified atom stereocenters. The van der Waals surface area contributed by atoms with E-state index in [1.807, 2.05) is 36.4 Å². The Kier molecular flexibility index (Phi) is 8.70. The fourth-order valence-electron chi connectivity index (χ4n) is 3.22. The van der Waals surface area contributed by atoms with Gasteiger partial charge >= 0.3 is 0 Å². The predicted octanol–water partition coefficient (Wildman–Crippen LogP) is 4.20. The minimum atomic E-state index is -0.409. The van der Waals surface area contributed by atoms with Gasteiger partial charge in [-0.25, -0.2) is 15.4 Å². The predicted molar refractivity (Wildman–Crippen MR) is 123 cm³/mol. The van der Waals surface area contributed by atoms with Crippen LogP contribution in [0.4, 0.5) is 5.69 Å². The van der Waals surface area contributed by atoms with Crippen LogP contribution in [0.15, 0.2) is 55.1 Å². The number of carbonyl (C=O) groups excluding carboxylic acids is 2. The molecule has 0 saturated carbocycles. The minimum absolute atomic E-state index is 0.0137. The first kappa shape index (κ1) is 23.4. The lowest BCUT2D eigenvalue weighted by molar-refractivity contribution is -0.129. The summed E-state index contributed by atoms with van der Waals surface area (Å²) in [6.07, 6.45) is 7.67. The Hall–Kier alpha value is -3.30. The van der Waals surface area contributed by atoms with E-state index in [4.69, 9.17) is 9.94 Å². The molecule has 2 N–H and O–H groups in total. The molecule has 9 heteroatoms. The number of ether oxygens (including phenoxy) is 1. The summed E-state index contributed by atoms with van der Waals surface area (Å²) >= 11 is 1.61. The van der Waals surface area contributed by atoms with Gasteiger partial charge in [-0.15, -0.1) is 11.3 Å². The van der Waals surface area contributed by atoms with Gasteiger partial charge in [0.15, 0.2) is 0 Å². The van der Waals surface area contributed by atoms with Crippen LogP contribution in [0.2, 0.25) is 0 Å². The number of amides is 2. The van der Waals surface area contributed by atoms with E-state index in [0.717, 1.165) is 33.2 Å². The molecule has 0 spiro atoms. The largest absolute Gasteiger partial charge is 0.497 e. The van der Waals surface area contributed by atoms with Crippen molar-refractivity contribution in [3.05, 3.63) is 60.0 Å². The summed E-state index contributed by atoms with van der Waals surface area (Å²) in [4.78, 5) is 36.2. The molecule has 0 aliphatic heterocycles. The molecule has 0 aliphatic rings. The van der Waals surface area contributed by atoms with Gasteiger partial charge in [0.1, 0.15) is 12.1 Å². The second kappa shape index (κ2) is 11.9. The molecule has 0 fully saturated rings. The van der Waals surface area contributed by atoms with Crippen molar-refractivity contribution in [3.8, 4) is 16.2 Å². The van der Waals surface area contributed by atoms with Crippen LogP contribution in [0.25, 0.3) is 10.4 Å². The van der Waals surface area contributed by atoms with E-state index < -0.39 is 5.91 Å². The normalized spacial score (nSPS) is 10.6. The topological polar surface area (TPSA) is 105 Å². The van der Waals surface area contributed by atoms with E-state index in [1.165, 1.54) is 6.33 Å². The van der Waals surface area contributed by atoms with Gasteiger partial charge in [0.25, 0.3) is 0 Å². The minimum Gasteiger partial charge on any atom is -0.497 e. The summed E-state index contributed by atoms with van der Waals surface area (Å²) in [5, 5.41) is 8.56. The van der Waals surface area contributed by atoms with Gasteiger partial charge < -0.3 is 9.64 Å². The van der Waals surface area contributed by atoms with Crippen molar-refractivity contribution in [1.29, 1.82) is 0 Å². The quantitative estimate of drug-likeness (QED) is 0.256. The molecule has 0 radical (unpaired) electrons. The lowest BCUT2D eigenvalue weighted by Crippen LogP contribution is -2.29. The summed E-state index contributed by atoms with van der Waals surface area (Å²) in [6.45, 7) is 0.455. The number of anilines is 1. The molecule has 2 aromatic heterocycles. The number of aromatic nitrogens is 2. The maximum atomic E-state index is 13.1. The Morgan fingerprint density at radius 2 is 1.75 bits per heavy atom. The first-order valence-electron chi connectivity index (χ1n) is 10.3. The maximum absolute atomic E-state index is 13.1. The number of benzene rings is 1. The van der Waals surface area contributed by atoms with E-state index in [9.17, 15) is 9.59 Å². The fourth-order valence-corrected chi connectivity index (χ4v) is 4.19. The highest BCUT2D eigenvalue weighted by Crippen LogP contribution is 2.30. The molecule has 3 rings (SSSR count). The SMILES string of the molecule is COc1ccc(N(Cc2ccc(-c3cncnc3)s2)C(=O)CCCCCC(=O)NO)cc1. The molecule has 0 atom stereocenters. The van der Waals surface area contributed by atoms with Crippen LogP contribution in [0.1, 0.15) is 37.0 Å². The number of rotatable bonds is 11. The number of carbonyl (C=O) groups is 2. The summed E-state index contributed by atoms with van der Waals surface area (Å²) in [6, 6.07) is 11.5. The van der Waals surface area contributed by atoms with Gasteiger partial charge in [-0.05, 0) is 49.2 Å². The number of thiophene rings is 1. The van der Waals surface area contributed by atoms with E-state index in [0.29, 0.717) is 25.8 Å². The lowest BCUT2D eigenvalue weighted by Gasteiger charge is -2.23. The Bertz CT molecular complexity index is 1010. The lowest BCUT2D eigenvalue weighted by atomic mass is 10.1. The van der Waals surface area contributed by atoms with Crippen molar-refractivity contribution >= 4 is 28.8 Å². The molecule has 0 saturated heterocycles. The highest BCUT2D eigenvalue weighted by atomic mass is 32.1. The monoisotopic (exact) mass is 454 g/mol. The molecule has 1 aromatic carbocycles. The Balaban J connectivity index is 1.69. The third-order valence-corrected chi connectivity index (χ3v) is 6.04. The van der Waals surface area contributed by atoms with Crippen molar-refractivity contribution in [2.45, 2.75) is 38.6 Å². The molecule has 3 aromatic rings. The fraction of sp³-hybridized carbons (Fsp3) is 0.304. The second-order valence-corrected chi connectivity index (χ2v) is 8.33. The van der Waals surface area contributed by atoms with Gasteiger partial charge in [-0.1, -0.05) is 6.42 Å². The highest BCUT2D eigenvalue weighted by molar-refractivity contribution is 7.15. The van der Waals surface area contributed by atoms with E-state index >= 15 is 0 Å². The number of hydrogen-bond acceptors (Lipinski definition) is 7. The van der Waals surface area contributed by atoms with Crippen molar-refractivity contribution in [3.63, 3.8) is 0 Å². The molecule has 32 heavy (non-hydrogen) atoms. The van der Waals surface area contributed by atoms with Crippen LogP contribution in [-0.4, -0.2) is 34.1 Å². The third-order valence-electron chi connectivity index (χ3n) is 4.93. The molecule has 2 amide bonds. The van der Waals surface area contributed by atoms with Crippen molar-refractivity contribution in [2.24, 2.45) is 0 Å². The Morgan fingerprint density at radius 3 is 2.44 bits per heavy atom. The van der Waals surface area contributed by atoms with Gasteiger partial charge in [0.2, 0.25) is 11.8 Å².